The van der Waals surface area contributed by atoms with E-state index in [2.05, 4.69) is 0 Å². The zero-order chi connectivity index (χ0) is 9.15. The van der Waals surface area contributed by atoms with E-state index in [1.807, 2.05) is 0 Å². The monoisotopic (exact) mass is 188 g/mol. The molecular formula is C9H16O4. The highest BCUT2D eigenvalue weighted by molar-refractivity contribution is 4.81. The van der Waals surface area contributed by atoms with Gasteiger partial charge in [-0.15, -0.1) is 0 Å². The summed E-state index contributed by atoms with van der Waals surface area (Å²) in [6.45, 7) is 2.73. The lowest BCUT2D eigenvalue weighted by atomic mass is 10.1. The lowest BCUT2D eigenvalue weighted by Gasteiger charge is -2.31. The van der Waals surface area contributed by atoms with Crippen LogP contribution in [0.3, 0.4) is 0 Å². The Morgan fingerprint density at radius 2 is 2.15 bits per heavy atom. The van der Waals surface area contributed by atoms with Crippen molar-refractivity contribution in [1.29, 1.82) is 0 Å². The molecule has 2 aliphatic rings. The van der Waals surface area contributed by atoms with Crippen LogP contribution in [0.15, 0.2) is 0 Å². The average Bonchev–Trinajstić information content (AvgIpc) is 2.51. The Morgan fingerprint density at radius 1 is 1.38 bits per heavy atom. The highest BCUT2D eigenvalue weighted by Crippen LogP contribution is 2.33. The van der Waals surface area contributed by atoms with E-state index in [-0.39, 0.29) is 11.9 Å². The normalized spacial score (nSPS) is 32.5. The molecule has 13 heavy (non-hydrogen) atoms. The molecule has 0 aliphatic carbocycles. The van der Waals surface area contributed by atoms with Gasteiger partial charge in [0.25, 0.3) is 0 Å². The number of methoxy groups -OCH3 is 1. The van der Waals surface area contributed by atoms with Crippen LogP contribution in [0.25, 0.3) is 0 Å². The fourth-order valence-electron chi connectivity index (χ4n) is 1.83. The second-order valence-corrected chi connectivity index (χ2v) is 3.53. The standard InChI is InChI=1S/C9H16O4/c1-10-6-8-7-12-9(13-8)2-4-11-5-3-9/h8H,2-7H2,1H3. The van der Waals surface area contributed by atoms with Gasteiger partial charge in [-0.2, -0.15) is 0 Å². The minimum Gasteiger partial charge on any atom is -0.382 e. The van der Waals surface area contributed by atoms with E-state index in [0.717, 1.165) is 26.1 Å². The molecule has 76 valence electrons. The summed E-state index contributed by atoms with van der Waals surface area (Å²) in [5.74, 6) is -0.360. The molecule has 1 atom stereocenters. The summed E-state index contributed by atoms with van der Waals surface area (Å²) in [6.07, 6.45) is 1.78. The van der Waals surface area contributed by atoms with E-state index in [0.29, 0.717) is 13.2 Å². The van der Waals surface area contributed by atoms with Crippen LogP contribution in [0.2, 0.25) is 0 Å². The highest BCUT2D eigenvalue weighted by atomic mass is 16.8. The number of rotatable bonds is 2. The van der Waals surface area contributed by atoms with Gasteiger partial charge >= 0.3 is 0 Å². The average molecular weight is 188 g/mol. The van der Waals surface area contributed by atoms with Crippen LogP contribution >= 0.6 is 0 Å². The molecule has 0 bridgehead atoms. The fourth-order valence-corrected chi connectivity index (χ4v) is 1.83. The van der Waals surface area contributed by atoms with E-state index in [1.165, 1.54) is 0 Å². The minimum absolute atomic E-state index is 0.100. The van der Waals surface area contributed by atoms with Gasteiger partial charge in [-0.1, -0.05) is 0 Å². The molecule has 4 nitrogen and oxygen atoms in total. The van der Waals surface area contributed by atoms with Gasteiger partial charge in [0.1, 0.15) is 6.10 Å². The third kappa shape index (κ3) is 2.02. The summed E-state index contributed by atoms with van der Waals surface area (Å²) in [5, 5.41) is 0. The molecule has 1 unspecified atom stereocenters. The highest BCUT2D eigenvalue weighted by Gasteiger charge is 2.42. The Labute approximate surface area is 78.1 Å². The maximum Gasteiger partial charge on any atom is 0.173 e. The van der Waals surface area contributed by atoms with Crippen molar-refractivity contribution in [3.63, 3.8) is 0 Å². The molecule has 2 heterocycles. The Hall–Kier alpha value is -0.160. The molecule has 0 amide bonds. The van der Waals surface area contributed by atoms with E-state index < -0.39 is 0 Å². The van der Waals surface area contributed by atoms with Gasteiger partial charge < -0.3 is 18.9 Å². The van der Waals surface area contributed by atoms with Crippen LogP contribution in [0, 0.1) is 0 Å². The molecule has 0 saturated carbocycles. The first-order chi connectivity index (χ1) is 6.35. The molecule has 0 radical (unpaired) electrons. The first-order valence-electron chi connectivity index (χ1n) is 4.73. The second kappa shape index (κ2) is 3.92. The molecule has 0 aromatic heterocycles. The van der Waals surface area contributed by atoms with Crippen molar-refractivity contribution in [3.05, 3.63) is 0 Å². The zero-order valence-electron chi connectivity index (χ0n) is 7.95. The maximum atomic E-state index is 5.80. The van der Waals surface area contributed by atoms with Crippen molar-refractivity contribution in [1.82, 2.24) is 0 Å². The molecule has 2 fully saturated rings. The van der Waals surface area contributed by atoms with Gasteiger partial charge in [-0.25, -0.2) is 0 Å². The van der Waals surface area contributed by atoms with Crippen LogP contribution < -0.4 is 0 Å². The van der Waals surface area contributed by atoms with Gasteiger partial charge in [0, 0.05) is 20.0 Å². The van der Waals surface area contributed by atoms with E-state index >= 15 is 0 Å². The summed E-state index contributed by atoms with van der Waals surface area (Å²) < 4.78 is 21.8. The van der Waals surface area contributed by atoms with E-state index in [1.54, 1.807) is 7.11 Å². The Morgan fingerprint density at radius 3 is 2.85 bits per heavy atom. The van der Waals surface area contributed by atoms with Crippen LogP contribution in [-0.2, 0) is 18.9 Å². The predicted molar refractivity (Wildman–Crippen MR) is 45.5 cm³/mol. The number of ether oxygens (including phenoxy) is 4. The SMILES string of the molecule is COCC1COC2(CCOCC2)O1. The molecule has 0 N–H and O–H groups in total. The van der Waals surface area contributed by atoms with Crippen LogP contribution in [0.4, 0.5) is 0 Å². The lowest BCUT2D eigenvalue weighted by molar-refractivity contribution is -0.213. The van der Waals surface area contributed by atoms with Gasteiger partial charge in [0.2, 0.25) is 0 Å². The number of hydrogen-bond acceptors (Lipinski definition) is 4. The molecule has 2 aliphatic heterocycles. The molecular weight excluding hydrogens is 172 g/mol. The molecule has 4 heteroatoms. The molecule has 2 saturated heterocycles. The van der Waals surface area contributed by atoms with Crippen molar-refractivity contribution in [2.24, 2.45) is 0 Å². The third-order valence-electron chi connectivity index (χ3n) is 2.52. The first-order valence-corrected chi connectivity index (χ1v) is 4.73. The Balaban J connectivity index is 1.87. The molecule has 0 aromatic carbocycles. The summed E-state index contributed by atoms with van der Waals surface area (Å²) in [7, 11) is 1.68. The lowest BCUT2D eigenvalue weighted by Crippen LogP contribution is -2.38. The summed E-state index contributed by atoms with van der Waals surface area (Å²) in [6, 6.07) is 0. The smallest absolute Gasteiger partial charge is 0.173 e. The Kier molecular flexibility index (Phi) is 2.83. The van der Waals surface area contributed by atoms with Crippen LogP contribution in [0.5, 0.6) is 0 Å². The summed E-state index contributed by atoms with van der Waals surface area (Å²) in [5.41, 5.74) is 0. The van der Waals surface area contributed by atoms with Gasteiger partial charge in [-0.3, -0.25) is 0 Å². The molecule has 1 spiro atoms. The second-order valence-electron chi connectivity index (χ2n) is 3.53. The fraction of sp³-hybridized carbons (Fsp3) is 1.00. The van der Waals surface area contributed by atoms with E-state index in [9.17, 15) is 0 Å². The van der Waals surface area contributed by atoms with Crippen molar-refractivity contribution in [3.8, 4) is 0 Å². The maximum absolute atomic E-state index is 5.80. The summed E-state index contributed by atoms with van der Waals surface area (Å²) >= 11 is 0. The van der Waals surface area contributed by atoms with Crippen molar-refractivity contribution in [2.75, 3.05) is 33.5 Å². The molecule has 2 rings (SSSR count). The first kappa shape index (κ1) is 9.40. The van der Waals surface area contributed by atoms with Crippen molar-refractivity contribution in [2.45, 2.75) is 24.7 Å². The van der Waals surface area contributed by atoms with Crippen LogP contribution in [0.1, 0.15) is 12.8 Å². The molecule has 0 aromatic rings. The quantitative estimate of drug-likeness (QED) is 0.634. The van der Waals surface area contributed by atoms with Gasteiger partial charge in [0.15, 0.2) is 5.79 Å². The van der Waals surface area contributed by atoms with E-state index in [4.69, 9.17) is 18.9 Å². The summed E-state index contributed by atoms with van der Waals surface area (Å²) in [4.78, 5) is 0. The zero-order valence-corrected chi connectivity index (χ0v) is 7.95. The van der Waals surface area contributed by atoms with Crippen molar-refractivity contribution < 1.29 is 18.9 Å². The number of hydrogen-bond donors (Lipinski definition) is 0. The largest absolute Gasteiger partial charge is 0.382 e. The predicted octanol–water partition coefficient (Wildman–Crippen LogP) is 0.555. The van der Waals surface area contributed by atoms with Crippen LogP contribution in [-0.4, -0.2) is 45.4 Å². The van der Waals surface area contributed by atoms with Gasteiger partial charge in [-0.05, 0) is 0 Å². The van der Waals surface area contributed by atoms with Crippen molar-refractivity contribution >= 4 is 0 Å². The minimum atomic E-state index is -0.360. The third-order valence-corrected chi connectivity index (χ3v) is 2.52. The van der Waals surface area contributed by atoms with Gasteiger partial charge in [0.05, 0.1) is 26.4 Å². The Bertz CT molecular complexity index is 165. The topological polar surface area (TPSA) is 36.9 Å².